The predicted molar refractivity (Wildman–Crippen MR) is 82.0 cm³/mol. The fraction of sp³-hybridized carbons (Fsp3) is 0.176. The fourth-order valence-electron chi connectivity index (χ4n) is 2.48. The topological polar surface area (TPSA) is 21.7 Å². The van der Waals surface area contributed by atoms with Crippen molar-refractivity contribution >= 4 is 23.1 Å². The number of hydrogen-bond acceptors (Lipinski definition) is 1. The monoisotopic (exact) mass is 264 g/mol. The van der Waals surface area contributed by atoms with Crippen molar-refractivity contribution < 1.29 is 4.57 Å². The minimum absolute atomic E-state index is 1.05. The largest absolute Gasteiger partial charge is 0.275 e. The quantitative estimate of drug-likeness (QED) is 0.652. The van der Waals surface area contributed by atoms with Gasteiger partial charge in [0.15, 0.2) is 0 Å². The third-order valence-electron chi connectivity index (χ3n) is 3.60. The Bertz CT molecular complexity index is 797. The van der Waals surface area contributed by atoms with Gasteiger partial charge in [-0.1, -0.05) is 12.1 Å². The molecule has 3 heteroatoms. The number of aryl methyl sites for hydroxylation is 3. The van der Waals surface area contributed by atoms with E-state index in [0.29, 0.717) is 0 Å². The van der Waals surface area contributed by atoms with E-state index in [4.69, 9.17) is 0 Å². The zero-order valence-corrected chi connectivity index (χ0v) is 12.0. The number of para-hydroxylation sites is 1. The average molecular weight is 264 g/mol. The first-order valence-electron chi connectivity index (χ1n) is 6.71. The Labute approximate surface area is 118 Å². The third-order valence-corrected chi connectivity index (χ3v) is 3.60. The van der Waals surface area contributed by atoms with Gasteiger partial charge < -0.3 is 0 Å². The SMILES string of the molecule is Cc1nn(C)cc1C=Cc1ccc2ccccc2[n+]1C. The van der Waals surface area contributed by atoms with Crippen LogP contribution in [0.25, 0.3) is 23.1 Å². The molecule has 3 nitrogen and oxygen atoms in total. The first kappa shape index (κ1) is 12.6. The van der Waals surface area contributed by atoms with Gasteiger partial charge in [-0.25, -0.2) is 0 Å². The molecule has 0 unspecified atom stereocenters. The van der Waals surface area contributed by atoms with Crippen LogP contribution in [0.2, 0.25) is 0 Å². The summed E-state index contributed by atoms with van der Waals surface area (Å²) in [5, 5.41) is 5.61. The average Bonchev–Trinajstić information content (AvgIpc) is 2.77. The van der Waals surface area contributed by atoms with E-state index < -0.39 is 0 Å². The van der Waals surface area contributed by atoms with Crippen molar-refractivity contribution in [1.29, 1.82) is 0 Å². The van der Waals surface area contributed by atoms with E-state index in [9.17, 15) is 0 Å². The van der Waals surface area contributed by atoms with Gasteiger partial charge in [-0.3, -0.25) is 4.68 Å². The zero-order valence-electron chi connectivity index (χ0n) is 12.0. The lowest BCUT2D eigenvalue weighted by atomic mass is 10.1. The first-order valence-corrected chi connectivity index (χ1v) is 6.71. The molecule has 0 fully saturated rings. The number of benzene rings is 1. The van der Waals surface area contributed by atoms with Crippen LogP contribution in [0.15, 0.2) is 42.6 Å². The van der Waals surface area contributed by atoms with Crippen LogP contribution >= 0.6 is 0 Å². The lowest BCUT2D eigenvalue weighted by molar-refractivity contribution is -0.646. The molecule has 0 aliphatic heterocycles. The number of pyridine rings is 1. The van der Waals surface area contributed by atoms with Crippen LogP contribution in [0, 0.1) is 6.92 Å². The molecule has 2 heterocycles. The number of rotatable bonds is 2. The molecule has 0 radical (unpaired) electrons. The Morgan fingerprint density at radius 2 is 1.90 bits per heavy atom. The van der Waals surface area contributed by atoms with Gasteiger partial charge in [0.05, 0.1) is 5.69 Å². The molecule has 2 aromatic heterocycles. The summed E-state index contributed by atoms with van der Waals surface area (Å²) in [5.74, 6) is 0. The summed E-state index contributed by atoms with van der Waals surface area (Å²) in [4.78, 5) is 0. The molecule has 0 atom stereocenters. The molecule has 0 aliphatic rings. The van der Waals surface area contributed by atoms with Gasteiger partial charge in [0.1, 0.15) is 7.05 Å². The van der Waals surface area contributed by atoms with Crippen LogP contribution < -0.4 is 4.57 Å². The molecule has 0 aliphatic carbocycles. The normalized spacial score (nSPS) is 11.6. The second-order valence-corrected chi connectivity index (χ2v) is 5.05. The van der Waals surface area contributed by atoms with Gasteiger partial charge in [0.2, 0.25) is 11.2 Å². The van der Waals surface area contributed by atoms with Gasteiger partial charge in [-0.05, 0) is 25.1 Å². The summed E-state index contributed by atoms with van der Waals surface area (Å²) in [6.45, 7) is 2.03. The smallest absolute Gasteiger partial charge is 0.212 e. The summed E-state index contributed by atoms with van der Waals surface area (Å²) in [5.41, 5.74) is 4.61. The van der Waals surface area contributed by atoms with E-state index in [-0.39, 0.29) is 0 Å². The van der Waals surface area contributed by atoms with Crippen molar-refractivity contribution in [3.63, 3.8) is 0 Å². The molecule has 0 spiro atoms. The Morgan fingerprint density at radius 1 is 1.10 bits per heavy atom. The van der Waals surface area contributed by atoms with Crippen LogP contribution in [-0.2, 0) is 14.1 Å². The summed E-state index contributed by atoms with van der Waals surface area (Å²) in [6.07, 6.45) is 6.29. The highest BCUT2D eigenvalue weighted by Crippen LogP contribution is 2.13. The summed E-state index contributed by atoms with van der Waals surface area (Å²) in [7, 11) is 4.04. The van der Waals surface area contributed by atoms with E-state index >= 15 is 0 Å². The summed E-state index contributed by atoms with van der Waals surface area (Å²) >= 11 is 0. The fourth-order valence-corrected chi connectivity index (χ4v) is 2.48. The van der Waals surface area contributed by atoms with E-state index in [1.165, 1.54) is 16.6 Å². The molecule has 3 rings (SSSR count). The highest BCUT2D eigenvalue weighted by atomic mass is 15.2. The number of hydrogen-bond donors (Lipinski definition) is 0. The summed E-state index contributed by atoms with van der Waals surface area (Å²) in [6, 6.07) is 12.7. The molecule has 0 saturated carbocycles. The van der Waals surface area contributed by atoms with Crippen LogP contribution in [0.5, 0.6) is 0 Å². The summed E-state index contributed by atoms with van der Waals surface area (Å²) < 4.78 is 4.05. The van der Waals surface area contributed by atoms with Crippen molar-refractivity contribution in [2.24, 2.45) is 14.1 Å². The number of nitrogens with zero attached hydrogens (tertiary/aromatic N) is 3. The highest BCUT2D eigenvalue weighted by molar-refractivity contribution is 5.77. The van der Waals surface area contributed by atoms with Gasteiger partial charge in [-0.15, -0.1) is 0 Å². The maximum absolute atomic E-state index is 4.35. The molecule has 0 bridgehead atoms. The van der Waals surface area contributed by atoms with Gasteiger partial charge in [0.25, 0.3) is 0 Å². The van der Waals surface area contributed by atoms with Gasteiger partial charge >= 0.3 is 0 Å². The van der Waals surface area contributed by atoms with Crippen LogP contribution in [-0.4, -0.2) is 9.78 Å². The minimum Gasteiger partial charge on any atom is -0.275 e. The second-order valence-electron chi connectivity index (χ2n) is 5.05. The standard InChI is InChI=1S/C17H18N3/c1-13-15(12-19(2)18-13)9-11-16-10-8-14-6-4-5-7-17(14)20(16)3/h4-12H,1-3H3/q+1. The Kier molecular flexibility index (Phi) is 3.11. The molecule has 100 valence electrons. The third kappa shape index (κ3) is 2.23. The van der Waals surface area contributed by atoms with Crippen molar-refractivity contribution in [2.45, 2.75) is 6.92 Å². The second kappa shape index (κ2) is 4.93. The molecule has 1 aromatic carbocycles. The minimum atomic E-state index is 1.05. The van der Waals surface area contributed by atoms with Crippen molar-refractivity contribution in [3.8, 4) is 0 Å². The maximum atomic E-state index is 4.35. The van der Waals surface area contributed by atoms with Crippen molar-refractivity contribution in [1.82, 2.24) is 9.78 Å². The first-order chi connectivity index (χ1) is 9.65. The molecular formula is C17H18N3+. The lowest BCUT2D eigenvalue weighted by Crippen LogP contribution is -2.32. The number of fused-ring (bicyclic) bond motifs is 1. The lowest BCUT2D eigenvalue weighted by Gasteiger charge is -1.99. The molecule has 3 aromatic rings. The molecule has 0 saturated heterocycles. The molecule has 20 heavy (non-hydrogen) atoms. The molecular weight excluding hydrogens is 246 g/mol. The van der Waals surface area contributed by atoms with E-state index in [1.54, 1.807) is 0 Å². The van der Waals surface area contributed by atoms with Gasteiger partial charge in [-0.2, -0.15) is 9.67 Å². The Balaban J connectivity index is 2.03. The molecule has 0 N–H and O–H groups in total. The van der Waals surface area contributed by atoms with E-state index in [1.807, 2.05) is 24.9 Å². The Hall–Kier alpha value is -2.42. The van der Waals surface area contributed by atoms with E-state index in [0.717, 1.165) is 11.3 Å². The maximum Gasteiger partial charge on any atom is 0.212 e. The van der Waals surface area contributed by atoms with Crippen LogP contribution in [0.3, 0.4) is 0 Å². The Morgan fingerprint density at radius 3 is 2.65 bits per heavy atom. The van der Waals surface area contributed by atoms with Crippen LogP contribution in [0.1, 0.15) is 17.0 Å². The van der Waals surface area contributed by atoms with Crippen LogP contribution in [0.4, 0.5) is 0 Å². The predicted octanol–water partition coefficient (Wildman–Crippen LogP) is 2.88. The highest BCUT2D eigenvalue weighted by Gasteiger charge is 2.08. The van der Waals surface area contributed by atoms with Gasteiger partial charge in [0, 0.05) is 42.4 Å². The van der Waals surface area contributed by atoms with E-state index in [2.05, 4.69) is 65.3 Å². The molecule has 0 amide bonds. The van der Waals surface area contributed by atoms with Crippen molar-refractivity contribution in [2.75, 3.05) is 0 Å². The zero-order chi connectivity index (χ0) is 14.1. The van der Waals surface area contributed by atoms with Crippen molar-refractivity contribution in [3.05, 3.63) is 59.5 Å². The number of aromatic nitrogens is 3.